The molecule has 29 heavy (non-hydrogen) atoms. The van der Waals surface area contributed by atoms with E-state index in [1.165, 1.54) is 11.1 Å². The Labute approximate surface area is 173 Å². The van der Waals surface area contributed by atoms with Gasteiger partial charge in [0.2, 0.25) is 0 Å². The van der Waals surface area contributed by atoms with Crippen LogP contribution in [0.4, 0.5) is 5.69 Å². The lowest BCUT2D eigenvalue weighted by Crippen LogP contribution is -2.33. The van der Waals surface area contributed by atoms with E-state index in [2.05, 4.69) is 97.9 Å². The summed E-state index contributed by atoms with van der Waals surface area (Å²) in [5.41, 5.74) is 9.74. The summed E-state index contributed by atoms with van der Waals surface area (Å²) >= 11 is 0. The second-order valence-corrected chi connectivity index (χ2v) is 8.44. The standard InChI is InChI=1S/C26H28N2O/c1-26(2,3)21-14-10-20(11-15-21)25-18-24(19-12-16-23(29-4)17-13-19)27-28(25)22-8-6-5-7-9-22/h5-18,25,27H,1-4H3. The smallest absolute Gasteiger partial charge is 0.118 e. The Hall–Kier alpha value is -3.20. The summed E-state index contributed by atoms with van der Waals surface area (Å²) in [6.07, 6.45) is 2.29. The van der Waals surface area contributed by atoms with Gasteiger partial charge >= 0.3 is 0 Å². The summed E-state index contributed by atoms with van der Waals surface area (Å²) in [6, 6.07) is 27.7. The van der Waals surface area contributed by atoms with Gasteiger partial charge in [0.15, 0.2) is 0 Å². The van der Waals surface area contributed by atoms with Gasteiger partial charge in [0, 0.05) is 0 Å². The van der Waals surface area contributed by atoms with Crippen molar-refractivity contribution < 1.29 is 4.74 Å². The van der Waals surface area contributed by atoms with Crippen molar-refractivity contribution in [2.75, 3.05) is 12.1 Å². The average molecular weight is 385 g/mol. The third kappa shape index (κ3) is 4.00. The third-order valence-electron chi connectivity index (χ3n) is 5.40. The van der Waals surface area contributed by atoms with Crippen LogP contribution in [0.15, 0.2) is 84.9 Å². The van der Waals surface area contributed by atoms with E-state index in [4.69, 9.17) is 4.74 Å². The van der Waals surface area contributed by atoms with Crippen LogP contribution in [0, 0.1) is 0 Å². The highest BCUT2D eigenvalue weighted by Crippen LogP contribution is 2.36. The summed E-state index contributed by atoms with van der Waals surface area (Å²) in [6.45, 7) is 6.74. The number of hydrogen-bond acceptors (Lipinski definition) is 3. The van der Waals surface area contributed by atoms with Crippen molar-refractivity contribution in [2.45, 2.75) is 32.2 Å². The van der Waals surface area contributed by atoms with Gasteiger partial charge in [-0.2, -0.15) is 0 Å². The Kier molecular flexibility index (Phi) is 5.06. The minimum absolute atomic E-state index is 0.114. The fraction of sp³-hybridized carbons (Fsp3) is 0.231. The van der Waals surface area contributed by atoms with E-state index in [0.717, 1.165) is 22.7 Å². The van der Waals surface area contributed by atoms with Crippen molar-refractivity contribution in [2.24, 2.45) is 0 Å². The first kappa shape index (κ1) is 19.1. The summed E-state index contributed by atoms with van der Waals surface area (Å²) in [7, 11) is 1.69. The number of para-hydroxylation sites is 1. The topological polar surface area (TPSA) is 24.5 Å². The Balaban J connectivity index is 1.70. The Morgan fingerprint density at radius 1 is 0.828 bits per heavy atom. The van der Waals surface area contributed by atoms with Crippen LogP contribution in [0.2, 0.25) is 0 Å². The lowest BCUT2D eigenvalue weighted by molar-refractivity contribution is 0.415. The maximum absolute atomic E-state index is 5.30. The van der Waals surface area contributed by atoms with Crippen LogP contribution in [0.5, 0.6) is 5.75 Å². The molecule has 148 valence electrons. The van der Waals surface area contributed by atoms with Gasteiger partial charge in [0.05, 0.1) is 24.5 Å². The van der Waals surface area contributed by atoms with E-state index in [9.17, 15) is 0 Å². The van der Waals surface area contributed by atoms with Gasteiger partial charge in [-0.15, -0.1) is 0 Å². The molecule has 0 spiro atoms. The number of nitrogens with one attached hydrogen (secondary N) is 1. The molecule has 1 N–H and O–H groups in total. The molecule has 3 aromatic rings. The molecule has 0 saturated carbocycles. The van der Waals surface area contributed by atoms with E-state index in [-0.39, 0.29) is 11.5 Å². The van der Waals surface area contributed by atoms with Gasteiger partial charge in [-0.3, -0.25) is 10.4 Å². The Morgan fingerprint density at radius 3 is 2.07 bits per heavy atom. The second-order valence-electron chi connectivity index (χ2n) is 8.44. The van der Waals surface area contributed by atoms with E-state index in [0.29, 0.717) is 0 Å². The number of nitrogens with zero attached hydrogens (tertiary/aromatic N) is 1. The van der Waals surface area contributed by atoms with Gasteiger partial charge in [-0.25, -0.2) is 0 Å². The van der Waals surface area contributed by atoms with E-state index >= 15 is 0 Å². The molecule has 1 unspecified atom stereocenters. The molecule has 0 saturated heterocycles. The molecular weight excluding hydrogens is 356 g/mol. The van der Waals surface area contributed by atoms with Crippen molar-refractivity contribution in [1.82, 2.24) is 5.43 Å². The molecule has 0 bridgehead atoms. The first-order valence-electron chi connectivity index (χ1n) is 10.0. The van der Waals surface area contributed by atoms with Gasteiger partial charge in [0.25, 0.3) is 0 Å². The first-order valence-corrected chi connectivity index (χ1v) is 10.0. The molecule has 1 aliphatic rings. The quantitative estimate of drug-likeness (QED) is 0.588. The van der Waals surface area contributed by atoms with Crippen LogP contribution in [0.25, 0.3) is 5.70 Å². The molecule has 0 amide bonds. The van der Waals surface area contributed by atoms with Crippen LogP contribution in [0.3, 0.4) is 0 Å². The lowest BCUT2D eigenvalue weighted by atomic mass is 9.86. The number of anilines is 1. The molecule has 3 aromatic carbocycles. The zero-order valence-electron chi connectivity index (χ0n) is 17.5. The molecule has 1 aliphatic heterocycles. The molecule has 4 rings (SSSR count). The van der Waals surface area contributed by atoms with Gasteiger partial charge in [0.1, 0.15) is 5.75 Å². The highest BCUT2D eigenvalue weighted by molar-refractivity contribution is 5.72. The van der Waals surface area contributed by atoms with Crippen molar-refractivity contribution in [1.29, 1.82) is 0 Å². The fourth-order valence-electron chi connectivity index (χ4n) is 3.64. The summed E-state index contributed by atoms with van der Waals surface area (Å²) < 4.78 is 5.30. The maximum atomic E-state index is 5.30. The minimum Gasteiger partial charge on any atom is -0.497 e. The SMILES string of the molecule is COc1ccc(C2=CC(c3ccc(C(C)(C)C)cc3)N(c3ccccc3)N2)cc1. The molecule has 0 fully saturated rings. The molecule has 3 heteroatoms. The number of ether oxygens (including phenoxy) is 1. The molecule has 1 atom stereocenters. The van der Waals surface area contributed by atoms with Crippen LogP contribution in [-0.2, 0) is 5.41 Å². The molecule has 1 heterocycles. The predicted molar refractivity (Wildman–Crippen MR) is 121 cm³/mol. The van der Waals surface area contributed by atoms with E-state index in [1.807, 2.05) is 18.2 Å². The summed E-state index contributed by atoms with van der Waals surface area (Å²) in [5.74, 6) is 0.863. The number of benzene rings is 3. The Morgan fingerprint density at radius 2 is 1.48 bits per heavy atom. The maximum Gasteiger partial charge on any atom is 0.118 e. The minimum atomic E-state index is 0.114. The van der Waals surface area contributed by atoms with Crippen molar-refractivity contribution in [3.8, 4) is 5.75 Å². The van der Waals surface area contributed by atoms with Gasteiger partial charge in [-0.1, -0.05) is 63.2 Å². The second kappa shape index (κ2) is 7.67. The molecule has 3 nitrogen and oxygen atoms in total. The number of rotatable bonds is 4. The van der Waals surface area contributed by atoms with Crippen LogP contribution >= 0.6 is 0 Å². The third-order valence-corrected chi connectivity index (χ3v) is 5.40. The largest absolute Gasteiger partial charge is 0.497 e. The lowest BCUT2D eigenvalue weighted by Gasteiger charge is -2.28. The average Bonchev–Trinajstić information content (AvgIpc) is 3.19. The number of hydrazine groups is 1. The highest BCUT2D eigenvalue weighted by Gasteiger charge is 2.27. The molecule has 0 radical (unpaired) electrons. The number of methoxy groups -OCH3 is 1. The Bertz CT molecular complexity index is 984. The predicted octanol–water partition coefficient (Wildman–Crippen LogP) is 6.10. The summed E-state index contributed by atoms with van der Waals surface area (Å²) in [5, 5.41) is 2.23. The van der Waals surface area contributed by atoms with Gasteiger partial charge in [-0.05, 0) is 64.6 Å². The van der Waals surface area contributed by atoms with Crippen LogP contribution < -0.4 is 15.2 Å². The van der Waals surface area contributed by atoms with Crippen LogP contribution in [0.1, 0.15) is 43.5 Å². The highest BCUT2D eigenvalue weighted by atomic mass is 16.5. The number of hydrogen-bond donors (Lipinski definition) is 1. The van der Waals surface area contributed by atoms with E-state index in [1.54, 1.807) is 7.11 Å². The van der Waals surface area contributed by atoms with Crippen molar-refractivity contribution in [3.63, 3.8) is 0 Å². The normalized spacial score (nSPS) is 16.3. The fourth-order valence-corrected chi connectivity index (χ4v) is 3.64. The van der Waals surface area contributed by atoms with Gasteiger partial charge < -0.3 is 4.74 Å². The monoisotopic (exact) mass is 384 g/mol. The molecular formula is C26H28N2O. The molecule has 0 aromatic heterocycles. The zero-order chi connectivity index (χ0) is 20.4. The van der Waals surface area contributed by atoms with Crippen molar-refractivity contribution >= 4 is 11.4 Å². The van der Waals surface area contributed by atoms with Crippen molar-refractivity contribution in [3.05, 3.63) is 102 Å². The zero-order valence-corrected chi connectivity index (χ0v) is 17.5. The van der Waals surface area contributed by atoms with E-state index < -0.39 is 0 Å². The molecule has 0 aliphatic carbocycles. The van der Waals surface area contributed by atoms with Crippen LogP contribution in [-0.4, -0.2) is 7.11 Å². The summed E-state index contributed by atoms with van der Waals surface area (Å²) in [4.78, 5) is 0. The first-order chi connectivity index (χ1) is 14.0.